The van der Waals surface area contributed by atoms with Crippen molar-refractivity contribution < 1.29 is 23.8 Å². The SMILES string of the molecule is COc1ccc(NC(C)=O)cc1NC(=O)c1ccc(OC2CCOC2)nc1. The van der Waals surface area contributed by atoms with Crippen molar-refractivity contribution in [2.24, 2.45) is 0 Å². The number of aromatic nitrogens is 1. The summed E-state index contributed by atoms with van der Waals surface area (Å²) in [5.41, 5.74) is 1.37. The Morgan fingerprint density at radius 2 is 2.07 bits per heavy atom. The van der Waals surface area contributed by atoms with Gasteiger partial charge in [-0.2, -0.15) is 0 Å². The fraction of sp³-hybridized carbons (Fsp3) is 0.316. The molecule has 27 heavy (non-hydrogen) atoms. The van der Waals surface area contributed by atoms with Gasteiger partial charge in [-0.3, -0.25) is 9.59 Å². The predicted molar refractivity (Wildman–Crippen MR) is 99.3 cm³/mol. The highest BCUT2D eigenvalue weighted by Crippen LogP contribution is 2.28. The first-order valence-electron chi connectivity index (χ1n) is 8.52. The van der Waals surface area contributed by atoms with Crippen LogP contribution in [0.15, 0.2) is 36.5 Å². The summed E-state index contributed by atoms with van der Waals surface area (Å²) >= 11 is 0. The number of pyridine rings is 1. The molecule has 1 aliphatic heterocycles. The van der Waals surface area contributed by atoms with E-state index in [1.54, 1.807) is 30.3 Å². The second-order valence-electron chi connectivity index (χ2n) is 6.04. The number of hydrogen-bond donors (Lipinski definition) is 2. The third kappa shape index (κ3) is 4.95. The van der Waals surface area contributed by atoms with E-state index < -0.39 is 0 Å². The van der Waals surface area contributed by atoms with Gasteiger partial charge in [0.1, 0.15) is 11.9 Å². The average molecular weight is 371 g/mol. The van der Waals surface area contributed by atoms with Gasteiger partial charge in [0, 0.05) is 31.3 Å². The van der Waals surface area contributed by atoms with E-state index in [0.717, 1.165) is 6.42 Å². The summed E-state index contributed by atoms with van der Waals surface area (Å²) in [7, 11) is 1.50. The van der Waals surface area contributed by atoms with Gasteiger partial charge >= 0.3 is 0 Å². The number of amides is 2. The minimum atomic E-state index is -0.350. The van der Waals surface area contributed by atoms with Crippen molar-refractivity contribution in [1.82, 2.24) is 4.98 Å². The molecule has 1 fully saturated rings. The van der Waals surface area contributed by atoms with E-state index in [2.05, 4.69) is 15.6 Å². The average Bonchev–Trinajstić information content (AvgIpc) is 3.15. The van der Waals surface area contributed by atoms with Crippen molar-refractivity contribution >= 4 is 23.2 Å². The largest absolute Gasteiger partial charge is 0.495 e. The van der Waals surface area contributed by atoms with Crippen molar-refractivity contribution in [2.45, 2.75) is 19.4 Å². The fourth-order valence-electron chi connectivity index (χ4n) is 2.64. The molecule has 1 aromatic carbocycles. The Bertz CT molecular complexity index is 817. The van der Waals surface area contributed by atoms with Gasteiger partial charge < -0.3 is 24.8 Å². The zero-order valence-corrected chi connectivity index (χ0v) is 15.2. The van der Waals surface area contributed by atoms with Gasteiger partial charge in [-0.1, -0.05) is 0 Å². The maximum Gasteiger partial charge on any atom is 0.257 e. The first-order valence-corrected chi connectivity index (χ1v) is 8.52. The Morgan fingerprint density at radius 3 is 2.70 bits per heavy atom. The minimum absolute atomic E-state index is 0.00189. The van der Waals surface area contributed by atoms with E-state index in [4.69, 9.17) is 14.2 Å². The van der Waals surface area contributed by atoms with Gasteiger partial charge in [0.05, 0.1) is 31.6 Å². The van der Waals surface area contributed by atoms with Crippen LogP contribution >= 0.6 is 0 Å². The van der Waals surface area contributed by atoms with Crippen LogP contribution in [0, 0.1) is 0 Å². The molecule has 2 heterocycles. The smallest absolute Gasteiger partial charge is 0.257 e. The van der Waals surface area contributed by atoms with Crippen molar-refractivity contribution in [1.29, 1.82) is 0 Å². The van der Waals surface area contributed by atoms with E-state index in [1.165, 1.54) is 20.2 Å². The molecule has 0 aliphatic carbocycles. The van der Waals surface area contributed by atoms with Crippen LogP contribution in [0.2, 0.25) is 0 Å². The first kappa shape index (κ1) is 18.7. The summed E-state index contributed by atoms with van der Waals surface area (Å²) in [5, 5.41) is 5.43. The number of nitrogens with one attached hydrogen (secondary N) is 2. The molecular formula is C19H21N3O5. The summed E-state index contributed by atoms with van der Waals surface area (Å²) in [4.78, 5) is 27.9. The molecule has 8 nitrogen and oxygen atoms in total. The van der Waals surface area contributed by atoms with Gasteiger partial charge in [0.25, 0.3) is 5.91 Å². The van der Waals surface area contributed by atoms with Crippen molar-refractivity contribution in [3.63, 3.8) is 0 Å². The highest BCUT2D eigenvalue weighted by atomic mass is 16.5. The molecule has 0 spiro atoms. The molecular weight excluding hydrogens is 350 g/mol. The Labute approximate surface area is 156 Å². The number of methoxy groups -OCH3 is 1. The molecule has 142 valence electrons. The molecule has 2 aromatic rings. The Balaban J connectivity index is 1.69. The van der Waals surface area contributed by atoms with Gasteiger partial charge in [-0.05, 0) is 24.3 Å². The molecule has 1 aromatic heterocycles. The lowest BCUT2D eigenvalue weighted by Gasteiger charge is -2.13. The predicted octanol–water partition coefficient (Wildman–Crippen LogP) is 2.47. The third-order valence-corrected chi connectivity index (χ3v) is 3.94. The standard InChI is InChI=1S/C19H21N3O5/c1-12(23)21-14-4-5-17(25-2)16(9-14)22-19(24)13-3-6-18(20-10-13)27-15-7-8-26-11-15/h3-6,9-10,15H,7-8,11H2,1-2H3,(H,21,23)(H,22,24). The quantitative estimate of drug-likeness (QED) is 0.809. The number of anilines is 2. The summed E-state index contributed by atoms with van der Waals surface area (Å²) in [5.74, 6) is 0.375. The van der Waals surface area contributed by atoms with Gasteiger partial charge in [0.15, 0.2) is 0 Å². The maximum absolute atomic E-state index is 12.5. The van der Waals surface area contributed by atoms with Crippen molar-refractivity contribution in [3.8, 4) is 11.6 Å². The number of nitrogens with zero attached hydrogens (tertiary/aromatic N) is 1. The normalized spacial score (nSPS) is 15.9. The molecule has 2 amide bonds. The Hall–Kier alpha value is -3.13. The highest BCUT2D eigenvalue weighted by molar-refractivity contribution is 6.05. The molecule has 0 saturated carbocycles. The lowest BCUT2D eigenvalue weighted by Crippen LogP contribution is -2.17. The van der Waals surface area contributed by atoms with E-state index in [1.807, 2.05) is 0 Å². The van der Waals surface area contributed by atoms with E-state index in [0.29, 0.717) is 41.8 Å². The van der Waals surface area contributed by atoms with Crippen LogP contribution < -0.4 is 20.1 Å². The summed E-state index contributed by atoms with van der Waals surface area (Å²) in [6.07, 6.45) is 2.27. The van der Waals surface area contributed by atoms with Crippen LogP contribution in [0.1, 0.15) is 23.7 Å². The number of carbonyl (C=O) groups excluding carboxylic acids is 2. The van der Waals surface area contributed by atoms with Gasteiger partial charge in [0.2, 0.25) is 11.8 Å². The van der Waals surface area contributed by atoms with Crippen molar-refractivity contribution in [3.05, 3.63) is 42.1 Å². The number of benzene rings is 1. The summed E-state index contributed by atoms with van der Waals surface area (Å²) < 4.78 is 16.2. The van der Waals surface area contributed by atoms with E-state index in [-0.39, 0.29) is 17.9 Å². The van der Waals surface area contributed by atoms with Gasteiger partial charge in [-0.25, -0.2) is 4.98 Å². The topological polar surface area (TPSA) is 98.8 Å². The minimum Gasteiger partial charge on any atom is -0.495 e. The van der Waals surface area contributed by atoms with Crippen molar-refractivity contribution in [2.75, 3.05) is 31.0 Å². The molecule has 1 saturated heterocycles. The van der Waals surface area contributed by atoms with Crippen LogP contribution in [0.5, 0.6) is 11.6 Å². The molecule has 1 aliphatic rings. The Morgan fingerprint density at radius 1 is 1.22 bits per heavy atom. The third-order valence-electron chi connectivity index (χ3n) is 3.94. The fourth-order valence-corrected chi connectivity index (χ4v) is 2.64. The molecule has 0 bridgehead atoms. The summed E-state index contributed by atoms with van der Waals surface area (Å²) in [6.45, 7) is 2.65. The first-order chi connectivity index (χ1) is 13.0. The molecule has 1 atom stereocenters. The zero-order valence-electron chi connectivity index (χ0n) is 15.2. The second kappa shape index (κ2) is 8.50. The molecule has 2 N–H and O–H groups in total. The molecule has 8 heteroatoms. The number of rotatable bonds is 6. The number of hydrogen-bond acceptors (Lipinski definition) is 6. The highest BCUT2D eigenvalue weighted by Gasteiger charge is 2.18. The molecule has 3 rings (SSSR count). The monoisotopic (exact) mass is 371 g/mol. The van der Waals surface area contributed by atoms with Crippen LogP contribution in [0.3, 0.4) is 0 Å². The van der Waals surface area contributed by atoms with Crippen LogP contribution in [-0.4, -0.2) is 43.2 Å². The summed E-state index contributed by atoms with van der Waals surface area (Å²) in [6, 6.07) is 8.27. The van der Waals surface area contributed by atoms with Crippen LogP contribution in [-0.2, 0) is 9.53 Å². The lowest BCUT2D eigenvalue weighted by atomic mass is 10.2. The maximum atomic E-state index is 12.5. The zero-order chi connectivity index (χ0) is 19.2. The molecule has 1 unspecified atom stereocenters. The van der Waals surface area contributed by atoms with Gasteiger partial charge in [-0.15, -0.1) is 0 Å². The lowest BCUT2D eigenvalue weighted by molar-refractivity contribution is -0.114. The molecule has 0 radical (unpaired) electrons. The van der Waals surface area contributed by atoms with E-state index >= 15 is 0 Å². The second-order valence-corrected chi connectivity index (χ2v) is 6.04. The number of ether oxygens (including phenoxy) is 3. The Kier molecular flexibility index (Phi) is 5.87. The number of carbonyl (C=O) groups is 2. The van der Waals surface area contributed by atoms with E-state index in [9.17, 15) is 9.59 Å². The van der Waals surface area contributed by atoms with Crippen LogP contribution in [0.25, 0.3) is 0 Å². The van der Waals surface area contributed by atoms with Crippen LogP contribution in [0.4, 0.5) is 11.4 Å².